The monoisotopic (exact) mass is 628 g/mol. The summed E-state index contributed by atoms with van der Waals surface area (Å²) in [7, 11) is 0. The lowest BCUT2D eigenvalue weighted by molar-refractivity contribution is -0.137. The minimum Gasteiger partial charge on any atom is -0.481 e. The molecule has 2 aliphatic heterocycles. The Bertz CT molecular complexity index is 1530. The highest BCUT2D eigenvalue weighted by Crippen LogP contribution is 2.30. The number of amides is 5. The molecule has 0 aromatic heterocycles. The van der Waals surface area contributed by atoms with Crippen LogP contribution in [0, 0.1) is 6.92 Å². The zero-order valence-corrected chi connectivity index (χ0v) is 25.9. The molecule has 12 heteroatoms. The maximum Gasteiger partial charge on any atom is 0.323 e. The molecule has 3 aromatic carbocycles. The number of benzene rings is 3. The molecule has 3 aromatic rings. The molecule has 1 unspecified atom stereocenters. The van der Waals surface area contributed by atoms with Gasteiger partial charge in [-0.3, -0.25) is 9.59 Å². The van der Waals surface area contributed by atoms with Crippen molar-refractivity contribution in [3.05, 3.63) is 89.5 Å². The number of para-hydroxylation sites is 1. The number of hydrogen-bond acceptors (Lipinski definition) is 6. The van der Waals surface area contributed by atoms with Gasteiger partial charge in [-0.05, 0) is 49.2 Å². The molecule has 12 nitrogen and oxygen atoms in total. The van der Waals surface area contributed by atoms with Gasteiger partial charge in [0.1, 0.15) is 0 Å². The summed E-state index contributed by atoms with van der Waals surface area (Å²) in [6, 6.07) is 20.2. The van der Waals surface area contributed by atoms with E-state index in [4.69, 9.17) is 4.74 Å². The first-order valence-electron chi connectivity index (χ1n) is 15.5. The van der Waals surface area contributed by atoms with Crippen LogP contribution in [0.5, 0.6) is 0 Å². The second-order valence-corrected chi connectivity index (χ2v) is 11.4. The number of anilines is 3. The Morgan fingerprint density at radius 3 is 2.26 bits per heavy atom. The lowest BCUT2D eigenvalue weighted by Crippen LogP contribution is -2.49. The molecule has 242 valence electrons. The van der Waals surface area contributed by atoms with E-state index < -0.39 is 23.9 Å². The molecule has 46 heavy (non-hydrogen) atoms. The molecule has 4 N–H and O–H groups in total. The lowest BCUT2D eigenvalue weighted by atomic mass is 10.0. The van der Waals surface area contributed by atoms with Gasteiger partial charge >= 0.3 is 18.0 Å². The number of carbonyl (C=O) groups excluding carboxylic acids is 3. The summed E-state index contributed by atoms with van der Waals surface area (Å²) >= 11 is 0. The molecule has 2 fully saturated rings. The molecular weight excluding hydrogens is 588 g/mol. The lowest BCUT2D eigenvalue weighted by Gasteiger charge is -2.32. The van der Waals surface area contributed by atoms with Crippen LogP contribution >= 0.6 is 0 Å². The number of aliphatic carboxylic acids is 1. The number of aryl methyl sites for hydroxylation is 1. The van der Waals surface area contributed by atoms with Crippen LogP contribution in [0.25, 0.3) is 0 Å². The molecule has 0 spiro atoms. The molecule has 0 radical (unpaired) electrons. The predicted molar refractivity (Wildman–Crippen MR) is 175 cm³/mol. The molecular formula is C34H40N6O6. The Morgan fingerprint density at radius 2 is 1.54 bits per heavy atom. The van der Waals surface area contributed by atoms with Gasteiger partial charge in [0.25, 0.3) is 5.91 Å². The first-order chi connectivity index (χ1) is 22.3. The highest BCUT2D eigenvalue weighted by atomic mass is 16.5. The van der Waals surface area contributed by atoms with Crippen LogP contribution in [0.4, 0.5) is 26.7 Å². The van der Waals surface area contributed by atoms with E-state index in [-0.39, 0.29) is 18.0 Å². The number of nitrogens with zero attached hydrogens (tertiary/aromatic N) is 3. The normalized spacial score (nSPS) is 15.8. The first-order valence-corrected chi connectivity index (χ1v) is 15.5. The fraction of sp³-hybridized carbons (Fsp3) is 0.353. The number of rotatable bonds is 8. The minimum atomic E-state index is -1.04. The van der Waals surface area contributed by atoms with Crippen LogP contribution in [0.1, 0.15) is 40.4 Å². The van der Waals surface area contributed by atoms with Crippen molar-refractivity contribution in [1.82, 2.24) is 15.1 Å². The summed E-state index contributed by atoms with van der Waals surface area (Å²) in [6.45, 7) is 6.43. The van der Waals surface area contributed by atoms with Gasteiger partial charge in [-0.2, -0.15) is 0 Å². The SMILES string of the molecule is Cc1ccc(C(CC(=O)O)NC(=O)c2ccc(N3CCCN(C(=O)N4CCOCC4)CC3)c(NC(=O)Nc3ccccc3)c2)cc1. The molecule has 5 amide bonds. The zero-order valence-electron chi connectivity index (χ0n) is 25.9. The molecule has 1 atom stereocenters. The number of carboxylic acids is 1. The quantitative estimate of drug-likeness (QED) is 0.287. The Balaban J connectivity index is 1.37. The van der Waals surface area contributed by atoms with Crippen LogP contribution in [-0.2, 0) is 9.53 Å². The molecule has 2 heterocycles. The molecule has 2 saturated heterocycles. The zero-order chi connectivity index (χ0) is 32.5. The largest absolute Gasteiger partial charge is 0.481 e. The summed E-state index contributed by atoms with van der Waals surface area (Å²) in [6.07, 6.45) is 0.437. The number of hydrogen-bond donors (Lipinski definition) is 4. The van der Waals surface area contributed by atoms with Crippen LogP contribution in [-0.4, -0.2) is 91.3 Å². The number of ether oxygens (including phenoxy) is 1. The van der Waals surface area contributed by atoms with Crippen molar-refractivity contribution in [1.29, 1.82) is 0 Å². The third-order valence-corrected chi connectivity index (χ3v) is 8.09. The highest BCUT2D eigenvalue weighted by Gasteiger charge is 2.27. The standard InChI is InChI=1S/C34H40N6O6/c1-24-8-10-25(11-9-24)28(23-31(41)42)36-32(43)26-12-13-30(29(22-26)37-33(44)35-27-6-3-2-4-7-27)38-14-5-15-39(17-16-38)34(45)40-18-20-46-21-19-40/h2-4,6-13,22,28H,5,14-21,23H2,1H3,(H,36,43)(H,41,42)(H2,35,37,44). The third-order valence-electron chi connectivity index (χ3n) is 8.09. The van der Waals surface area contributed by atoms with Gasteiger partial charge in [0.15, 0.2) is 0 Å². The Hall–Kier alpha value is -5.10. The van der Waals surface area contributed by atoms with Crippen molar-refractivity contribution in [3.63, 3.8) is 0 Å². The Labute approximate surface area is 268 Å². The first kappa shape index (κ1) is 32.3. The molecule has 0 bridgehead atoms. The van der Waals surface area contributed by atoms with Crippen molar-refractivity contribution < 1.29 is 29.0 Å². The third kappa shape index (κ3) is 8.54. The maximum atomic E-state index is 13.5. The second kappa shape index (κ2) is 15.3. The van der Waals surface area contributed by atoms with Gasteiger partial charge in [0, 0.05) is 50.5 Å². The minimum absolute atomic E-state index is 0.00208. The topological polar surface area (TPSA) is 144 Å². The van der Waals surface area contributed by atoms with E-state index in [0.717, 1.165) is 12.0 Å². The van der Waals surface area contributed by atoms with Crippen molar-refractivity contribution in [2.24, 2.45) is 0 Å². The maximum absolute atomic E-state index is 13.5. The van der Waals surface area contributed by atoms with E-state index >= 15 is 0 Å². The second-order valence-electron chi connectivity index (χ2n) is 11.4. The van der Waals surface area contributed by atoms with Crippen molar-refractivity contribution >= 4 is 41.0 Å². The fourth-order valence-electron chi connectivity index (χ4n) is 5.63. The number of carbonyl (C=O) groups is 4. The molecule has 5 rings (SSSR count). The summed E-state index contributed by atoms with van der Waals surface area (Å²) < 4.78 is 5.40. The summed E-state index contributed by atoms with van der Waals surface area (Å²) in [5.41, 5.74) is 3.70. The van der Waals surface area contributed by atoms with E-state index in [0.29, 0.717) is 75.1 Å². The average molecular weight is 629 g/mol. The van der Waals surface area contributed by atoms with Crippen LogP contribution in [0.2, 0.25) is 0 Å². The van der Waals surface area contributed by atoms with Gasteiger partial charge in [0.2, 0.25) is 0 Å². The van der Waals surface area contributed by atoms with Crippen molar-refractivity contribution in [2.75, 3.05) is 68.0 Å². The van der Waals surface area contributed by atoms with Crippen molar-refractivity contribution in [3.8, 4) is 0 Å². The van der Waals surface area contributed by atoms with Gasteiger partial charge in [-0.25, -0.2) is 9.59 Å². The number of carboxylic acid groups (broad SMARTS) is 1. The highest BCUT2D eigenvalue weighted by molar-refractivity contribution is 6.04. The van der Waals surface area contributed by atoms with Crippen LogP contribution in [0.15, 0.2) is 72.8 Å². The smallest absolute Gasteiger partial charge is 0.323 e. The molecule has 0 saturated carbocycles. The van der Waals surface area contributed by atoms with E-state index in [1.54, 1.807) is 42.5 Å². The number of morpholine rings is 1. The summed E-state index contributed by atoms with van der Waals surface area (Å²) in [5.74, 6) is -1.51. The number of urea groups is 2. The Morgan fingerprint density at radius 1 is 0.826 bits per heavy atom. The fourth-order valence-corrected chi connectivity index (χ4v) is 5.63. The van der Waals surface area contributed by atoms with Gasteiger partial charge in [-0.1, -0.05) is 48.0 Å². The Kier molecular flexibility index (Phi) is 10.7. The number of nitrogens with one attached hydrogen (secondary N) is 3. The van der Waals surface area contributed by atoms with Crippen LogP contribution in [0.3, 0.4) is 0 Å². The van der Waals surface area contributed by atoms with Gasteiger partial charge in [-0.15, -0.1) is 0 Å². The van der Waals surface area contributed by atoms with Crippen molar-refractivity contribution in [2.45, 2.75) is 25.8 Å². The van der Waals surface area contributed by atoms with E-state index in [9.17, 15) is 24.3 Å². The van der Waals surface area contributed by atoms with Crippen LogP contribution < -0.4 is 20.9 Å². The van der Waals surface area contributed by atoms with E-state index in [1.165, 1.54) is 0 Å². The summed E-state index contributed by atoms with van der Waals surface area (Å²) in [5, 5.41) is 18.1. The van der Waals surface area contributed by atoms with E-state index in [1.807, 2.05) is 47.1 Å². The average Bonchev–Trinajstić information content (AvgIpc) is 3.31. The van der Waals surface area contributed by atoms with Gasteiger partial charge in [0.05, 0.1) is 37.1 Å². The molecule has 2 aliphatic rings. The molecule has 0 aliphatic carbocycles. The van der Waals surface area contributed by atoms with E-state index in [2.05, 4.69) is 20.9 Å². The predicted octanol–water partition coefficient (Wildman–Crippen LogP) is 4.55. The van der Waals surface area contributed by atoms with Gasteiger partial charge < -0.3 is 40.5 Å². The summed E-state index contributed by atoms with van der Waals surface area (Å²) in [4.78, 5) is 57.2.